The lowest BCUT2D eigenvalue weighted by atomic mass is 10.1. The smallest absolute Gasteiger partial charge is 0.221 e. The molecule has 0 saturated heterocycles. The molecule has 0 bridgehead atoms. The first-order chi connectivity index (χ1) is 7.95. The molecule has 0 aromatic carbocycles. The molecule has 1 amide bonds. The molecule has 2 N–H and O–H groups in total. The van der Waals surface area contributed by atoms with E-state index in [1.54, 1.807) is 0 Å². The monoisotopic (exact) mass is 244 g/mol. The maximum atomic E-state index is 11.4. The Hall–Kier alpha value is -0.610. The van der Waals surface area contributed by atoms with Crippen molar-refractivity contribution in [1.82, 2.24) is 10.6 Å². The molecular formula is C13H28N2O2. The lowest BCUT2D eigenvalue weighted by molar-refractivity contribution is -0.121. The molecule has 0 aromatic heterocycles. The molecule has 0 aliphatic heterocycles. The van der Waals surface area contributed by atoms with Crippen LogP contribution in [0.25, 0.3) is 0 Å². The quantitative estimate of drug-likeness (QED) is 0.607. The van der Waals surface area contributed by atoms with Crippen molar-refractivity contribution in [3.8, 4) is 0 Å². The molecular weight excluding hydrogens is 216 g/mol. The second-order valence-electron chi connectivity index (χ2n) is 5.24. The van der Waals surface area contributed by atoms with Gasteiger partial charge in [-0.15, -0.1) is 0 Å². The molecule has 0 saturated carbocycles. The van der Waals surface area contributed by atoms with Crippen LogP contribution in [0.15, 0.2) is 0 Å². The molecule has 0 atom stereocenters. The summed E-state index contributed by atoms with van der Waals surface area (Å²) in [5.41, 5.74) is 0.0777. The number of carbonyl (C=O) groups excluding carboxylic acids is 1. The fraction of sp³-hybridized carbons (Fsp3) is 0.923. The van der Waals surface area contributed by atoms with Crippen molar-refractivity contribution in [3.05, 3.63) is 0 Å². The van der Waals surface area contributed by atoms with Crippen LogP contribution in [-0.4, -0.2) is 37.7 Å². The predicted molar refractivity (Wildman–Crippen MR) is 71.1 cm³/mol. The average molecular weight is 244 g/mol. The van der Waals surface area contributed by atoms with Crippen molar-refractivity contribution in [2.24, 2.45) is 0 Å². The van der Waals surface area contributed by atoms with Crippen molar-refractivity contribution in [2.45, 2.75) is 52.5 Å². The van der Waals surface area contributed by atoms with Crippen molar-refractivity contribution in [3.63, 3.8) is 0 Å². The number of amides is 1. The normalized spacial score (nSPS) is 11.5. The predicted octanol–water partition coefficient (Wildman–Crippen LogP) is 1.70. The van der Waals surface area contributed by atoms with Crippen LogP contribution in [0.2, 0.25) is 0 Å². The van der Waals surface area contributed by atoms with E-state index in [0.717, 1.165) is 32.6 Å². The Morgan fingerprint density at radius 2 is 1.88 bits per heavy atom. The Balaban J connectivity index is 3.29. The molecule has 0 aromatic rings. The molecule has 4 heteroatoms. The number of rotatable bonds is 9. The molecule has 0 spiro atoms. The van der Waals surface area contributed by atoms with Gasteiger partial charge in [-0.25, -0.2) is 0 Å². The number of nitrogens with one attached hydrogen (secondary N) is 2. The second kappa shape index (κ2) is 9.42. The van der Waals surface area contributed by atoms with E-state index in [1.807, 2.05) is 0 Å². The summed E-state index contributed by atoms with van der Waals surface area (Å²) in [7, 11) is 0. The maximum absolute atomic E-state index is 11.4. The zero-order valence-electron chi connectivity index (χ0n) is 11.8. The number of carbonyl (C=O) groups is 1. The van der Waals surface area contributed by atoms with Gasteiger partial charge in [-0.05, 0) is 33.6 Å². The van der Waals surface area contributed by atoms with Crippen LogP contribution in [0.5, 0.6) is 0 Å². The van der Waals surface area contributed by atoms with Crippen molar-refractivity contribution in [1.29, 1.82) is 0 Å². The highest BCUT2D eigenvalue weighted by Gasteiger charge is 2.09. The van der Waals surface area contributed by atoms with E-state index in [1.165, 1.54) is 0 Å². The maximum Gasteiger partial charge on any atom is 0.221 e. The van der Waals surface area contributed by atoms with E-state index in [-0.39, 0.29) is 11.4 Å². The van der Waals surface area contributed by atoms with E-state index < -0.39 is 0 Å². The van der Waals surface area contributed by atoms with Crippen LogP contribution in [0.3, 0.4) is 0 Å². The average Bonchev–Trinajstić information content (AvgIpc) is 2.21. The minimum Gasteiger partial charge on any atom is -0.381 e. The third kappa shape index (κ3) is 13.3. The van der Waals surface area contributed by atoms with E-state index in [9.17, 15) is 4.79 Å². The molecule has 102 valence electrons. The van der Waals surface area contributed by atoms with Gasteiger partial charge in [-0.2, -0.15) is 0 Å². The van der Waals surface area contributed by atoms with Crippen LogP contribution >= 0.6 is 0 Å². The van der Waals surface area contributed by atoms with Crippen molar-refractivity contribution in [2.75, 3.05) is 26.3 Å². The summed E-state index contributed by atoms with van der Waals surface area (Å²) in [6, 6.07) is 0. The van der Waals surface area contributed by atoms with Crippen LogP contribution < -0.4 is 10.6 Å². The lowest BCUT2D eigenvalue weighted by Gasteiger charge is -2.20. The number of hydrogen-bond donors (Lipinski definition) is 2. The zero-order valence-corrected chi connectivity index (χ0v) is 11.8. The molecule has 0 aliphatic rings. The van der Waals surface area contributed by atoms with Gasteiger partial charge in [-0.3, -0.25) is 4.79 Å². The van der Waals surface area contributed by atoms with Crippen LogP contribution in [0, 0.1) is 0 Å². The third-order valence-corrected chi connectivity index (χ3v) is 2.14. The Bertz CT molecular complexity index is 200. The van der Waals surface area contributed by atoms with Gasteiger partial charge in [0.1, 0.15) is 0 Å². The first-order valence-electron chi connectivity index (χ1n) is 6.55. The van der Waals surface area contributed by atoms with E-state index in [4.69, 9.17) is 4.74 Å². The van der Waals surface area contributed by atoms with E-state index in [2.05, 4.69) is 38.3 Å². The molecule has 0 rings (SSSR count). The van der Waals surface area contributed by atoms with Gasteiger partial charge in [0.25, 0.3) is 0 Å². The largest absolute Gasteiger partial charge is 0.381 e. The Labute approximate surface area is 105 Å². The summed E-state index contributed by atoms with van der Waals surface area (Å²) < 4.78 is 5.33. The molecule has 0 aliphatic carbocycles. The van der Waals surface area contributed by atoms with Gasteiger partial charge in [0, 0.05) is 38.3 Å². The molecule has 0 radical (unpaired) electrons. The molecule has 0 heterocycles. The van der Waals surface area contributed by atoms with Crippen molar-refractivity contribution >= 4 is 5.91 Å². The Kier molecular flexibility index (Phi) is 9.09. The fourth-order valence-corrected chi connectivity index (χ4v) is 1.29. The first kappa shape index (κ1) is 16.4. The topological polar surface area (TPSA) is 50.4 Å². The summed E-state index contributed by atoms with van der Waals surface area (Å²) >= 11 is 0. The standard InChI is InChI=1S/C13H28N2O2/c1-5-10-17-11-6-8-14-12(16)7-9-15-13(2,3)4/h15H,5-11H2,1-4H3,(H,14,16). The SMILES string of the molecule is CCCOCCCNC(=O)CCNC(C)(C)C. The minimum atomic E-state index is 0.0777. The van der Waals surface area contributed by atoms with Gasteiger partial charge in [0.2, 0.25) is 5.91 Å². The van der Waals surface area contributed by atoms with Crippen molar-refractivity contribution < 1.29 is 9.53 Å². The summed E-state index contributed by atoms with van der Waals surface area (Å²) in [6.45, 7) is 11.3. The molecule has 0 fully saturated rings. The van der Waals surface area contributed by atoms with E-state index >= 15 is 0 Å². The van der Waals surface area contributed by atoms with Gasteiger partial charge in [0.15, 0.2) is 0 Å². The van der Waals surface area contributed by atoms with Gasteiger partial charge in [-0.1, -0.05) is 6.92 Å². The summed E-state index contributed by atoms with van der Waals surface area (Å²) in [5.74, 6) is 0.109. The fourth-order valence-electron chi connectivity index (χ4n) is 1.29. The summed E-state index contributed by atoms with van der Waals surface area (Å²) in [5, 5.41) is 6.17. The first-order valence-corrected chi connectivity index (χ1v) is 6.55. The number of ether oxygens (including phenoxy) is 1. The summed E-state index contributed by atoms with van der Waals surface area (Å²) in [4.78, 5) is 11.4. The highest BCUT2D eigenvalue weighted by molar-refractivity contribution is 5.75. The highest BCUT2D eigenvalue weighted by atomic mass is 16.5. The lowest BCUT2D eigenvalue weighted by Crippen LogP contribution is -2.38. The van der Waals surface area contributed by atoms with Gasteiger partial charge in [0.05, 0.1) is 0 Å². The van der Waals surface area contributed by atoms with Crippen LogP contribution in [0.1, 0.15) is 47.0 Å². The molecule has 17 heavy (non-hydrogen) atoms. The third-order valence-electron chi connectivity index (χ3n) is 2.14. The van der Waals surface area contributed by atoms with E-state index in [0.29, 0.717) is 13.0 Å². The number of hydrogen-bond acceptors (Lipinski definition) is 3. The Morgan fingerprint density at radius 1 is 1.18 bits per heavy atom. The zero-order chi connectivity index (χ0) is 13.1. The van der Waals surface area contributed by atoms with Gasteiger partial charge >= 0.3 is 0 Å². The summed E-state index contributed by atoms with van der Waals surface area (Å²) in [6.07, 6.45) is 2.47. The minimum absolute atomic E-state index is 0.0777. The second-order valence-corrected chi connectivity index (χ2v) is 5.24. The van der Waals surface area contributed by atoms with Crippen LogP contribution in [0.4, 0.5) is 0 Å². The van der Waals surface area contributed by atoms with Gasteiger partial charge < -0.3 is 15.4 Å². The Morgan fingerprint density at radius 3 is 2.47 bits per heavy atom. The highest BCUT2D eigenvalue weighted by Crippen LogP contribution is 1.97. The van der Waals surface area contributed by atoms with Crippen LogP contribution in [-0.2, 0) is 9.53 Å². The molecule has 4 nitrogen and oxygen atoms in total. The molecule has 0 unspecified atom stereocenters.